The number of benzene rings is 6. The Morgan fingerprint density at radius 1 is 0.381 bits per heavy atom. The van der Waals surface area contributed by atoms with Gasteiger partial charge in [-0.05, 0) is 72.8 Å². The largest absolute Gasteiger partial charge is 0.249 e. The predicted octanol–water partition coefficient (Wildman–Crippen LogP) is 9.21. The minimum atomic E-state index is -3.34. The molecule has 0 saturated carbocycles. The van der Waals surface area contributed by atoms with Crippen molar-refractivity contribution in [2.45, 2.75) is 29.4 Å². The van der Waals surface area contributed by atoms with Crippen molar-refractivity contribution >= 4 is 32.4 Å². The van der Waals surface area contributed by atoms with E-state index in [4.69, 9.17) is 0 Å². The van der Waals surface area contributed by atoms with E-state index in [1.807, 2.05) is 72.8 Å². The summed E-state index contributed by atoms with van der Waals surface area (Å²) in [6, 6.07) is 56.6. The lowest BCUT2D eigenvalue weighted by Gasteiger charge is -2.03. The number of hydrogen-bond donors (Lipinski definition) is 0. The Balaban J connectivity index is 0.000000145. The van der Waals surface area contributed by atoms with Crippen molar-refractivity contribution < 1.29 is 12.6 Å². The summed E-state index contributed by atoms with van der Waals surface area (Å²) in [4.78, 5) is 4.92. The van der Waals surface area contributed by atoms with Crippen molar-refractivity contribution in [3.8, 4) is 0 Å². The summed E-state index contributed by atoms with van der Waals surface area (Å²) >= 11 is 1.79. The molecule has 0 heterocycles. The highest BCUT2D eigenvalue weighted by Gasteiger charge is 2.15. The highest BCUT2D eigenvalue weighted by molar-refractivity contribution is 7.99. The summed E-state index contributed by atoms with van der Waals surface area (Å²) in [6.07, 6.45) is 0. The lowest BCUT2D eigenvalue weighted by atomic mass is 10.4. The van der Waals surface area contributed by atoms with Gasteiger partial charge in [0.25, 0.3) is 0 Å². The molecule has 0 aliphatic heterocycles. The lowest BCUT2D eigenvalue weighted by molar-refractivity contribution is 0.596. The molecule has 0 aliphatic rings. The number of hydrogen-bond acceptors (Lipinski definition) is 4. The molecule has 0 fully saturated rings. The van der Waals surface area contributed by atoms with Crippen LogP contribution in [0.1, 0.15) is 0 Å². The van der Waals surface area contributed by atoms with Crippen LogP contribution in [0.4, 0.5) is 0 Å². The van der Waals surface area contributed by atoms with E-state index in [9.17, 15) is 12.6 Å². The third-order valence-electron chi connectivity index (χ3n) is 5.74. The van der Waals surface area contributed by atoms with E-state index in [1.165, 1.54) is 9.79 Å². The zero-order valence-electron chi connectivity index (χ0n) is 22.8. The highest BCUT2D eigenvalue weighted by Crippen LogP contribution is 2.26. The molecule has 0 aliphatic carbocycles. The van der Waals surface area contributed by atoms with Crippen LogP contribution in [-0.2, 0) is 20.6 Å². The van der Waals surface area contributed by atoms with E-state index >= 15 is 0 Å². The van der Waals surface area contributed by atoms with Crippen LogP contribution >= 0.6 is 11.8 Å². The zero-order chi connectivity index (χ0) is 29.5. The Bertz CT molecular complexity index is 1610. The molecule has 210 valence electrons. The van der Waals surface area contributed by atoms with Gasteiger partial charge in [-0.25, -0.2) is 12.6 Å². The van der Waals surface area contributed by atoms with Crippen molar-refractivity contribution in [2.24, 2.45) is 0 Å². The zero-order valence-corrected chi connectivity index (χ0v) is 25.2. The van der Waals surface area contributed by atoms with Gasteiger partial charge in [-0.2, -0.15) is 0 Å². The summed E-state index contributed by atoms with van der Waals surface area (Å²) in [6.45, 7) is 0. The standard InChI is InChI=1S/C12H10O2S.C12H10OS.C12H10S/c13-15(14,11-7-3-1-4-8-11)12-9-5-2-6-10-12;13-14(11-7-3-1-4-8-11)12-9-5-2-6-10-12;1-3-7-11(8-4-1)13-12-9-5-2-6-10-12/h1-10H;1-10H;1-10H. The molecule has 0 saturated heterocycles. The average molecular weight is 607 g/mol. The molecule has 6 rings (SSSR count). The first-order chi connectivity index (χ1) is 20.5. The molecule has 6 aromatic rings. The minimum absolute atomic E-state index is 0.330. The molecule has 6 heteroatoms. The van der Waals surface area contributed by atoms with E-state index < -0.39 is 20.6 Å². The molecule has 0 radical (unpaired) electrons. The second kappa shape index (κ2) is 16.3. The van der Waals surface area contributed by atoms with Crippen LogP contribution < -0.4 is 0 Å². The third kappa shape index (κ3) is 9.42. The van der Waals surface area contributed by atoms with E-state index in [0.717, 1.165) is 9.79 Å². The van der Waals surface area contributed by atoms with E-state index in [0.29, 0.717) is 9.79 Å². The Morgan fingerprint density at radius 3 is 0.952 bits per heavy atom. The number of rotatable bonds is 6. The topological polar surface area (TPSA) is 51.2 Å². The Morgan fingerprint density at radius 2 is 0.643 bits per heavy atom. The maximum Gasteiger partial charge on any atom is 0.206 e. The smallest absolute Gasteiger partial charge is 0.206 e. The van der Waals surface area contributed by atoms with Gasteiger partial charge in [0.05, 0.1) is 20.6 Å². The first-order valence-electron chi connectivity index (χ1n) is 13.2. The second-order valence-electron chi connectivity index (χ2n) is 8.75. The van der Waals surface area contributed by atoms with Gasteiger partial charge >= 0.3 is 0 Å². The van der Waals surface area contributed by atoms with Crippen molar-refractivity contribution in [2.75, 3.05) is 0 Å². The number of sulfone groups is 1. The van der Waals surface area contributed by atoms with Crippen molar-refractivity contribution in [3.05, 3.63) is 182 Å². The average Bonchev–Trinajstić information content (AvgIpc) is 3.07. The molecule has 0 bridgehead atoms. The summed E-state index contributed by atoms with van der Waals surface area (Å²) in [5.74, 6) is 0. The Hall–Kier alpha value is -4.23. The molecule has 0 amide bonds. The fourth-order valence-corrected chi connectivity index (χ4v) is 6.92. The predicted molar refractivity (Wildman–Crippen MR) is 173 cm³/mol. The summed E-state index contributed by atoms with van der Waals surface area (Å²) in [5, 5.41) is 0. The second-order valence-corrected chi connectivity index (χ2v) is 13.3. The van der Waals surface area contributed by atoms with Gasteiger partial charge < -0.3 is 0 Å². The molecule has 0 aromatic heterocycles. The maximum absolute atomic E-state index is 12.0. The van der Waals surface area contributed by atoms with Crippen molar-refractivity contribution in [1.29, 1.82) is 0 Å². The summed E-state index contributed by atoms with van der Waals surface area (Å²) in [5.41, 5.74) is 0. The van der Waals surface area contributed by atoms with E-state index in [2.05, 4.69) is 48.5 Å². The van der Waals surface area contributed by atoms with Gasteiger partial charge in [0.2, 0.25) is 9.84 Å². The minimum Gasteiger partial charge on any atom is -0.249 e. The fraction of sp³-hybridized carbons (Fsp3) is 0. The van der Waals surface area contributed by atoms with Crippen LogP contribution in [0.5, 0.6) is 0 Å². The van der Waals surface area contributed by atoms with Gasteiger partial charge in [0.1, 0.15) is 0 Å². The molecule has 42 heavy (non-hydrogen) atoms. The molecule has 3 nitrogen and oxygen atoms in total. The van der Waals surface area contributed by atoms with Crippen LogP contribution in [0.3, 0.4) is 0 Å². The van der Waals surface area contributed by atoms with Gasteiger partial charge in [-0.3, -0.25) is 0 Å². The highest BCUT2D eigenvalue weighted by atomic mass is 32.2. The molecule has 0 unspecified atom stereocenters. The monoisotopic (exact) mass is 606 g/mol. The third-order valence-corrected chi connectivity index (χ3v) is 9.95. The van der Waals surface area contributed by atoms with E-state index in [1.54, 1.807) is 72.4 Å². The van der Waals surface area contributed by atoms with Crippen LogP contribution in [0.2, 0.25) is 0 Å². The first-order valence-corrected chi connectivity index (χ1v) is 16.6. The molecule has 0 atom stereocenters. The molecule has 0 spiro atoms. The summed E-state index contributed by atoms with van der Waals surface area (Å²) in [7, 11) is -4.39. The Labute approximate surface area is 255 Å². The van der Waals surface area contributed by atoms with Crippen LogP contribution in [0.25, 0.3) is 0 Å². The molecular formula is C36H30O3S3. The molecule has 6 aromatic carbocycles. The SMILES string of the molecule is O=S(=O)(c1ccccc1)c1ccccc1.O=S(c1ccccc1)c1ccccc1.c1ccc(Sc2ccccc2)cc1. The van der Waals surface area contributed by atoms with Crippen LogP contribution in [0.15, 0.2) is 211 Å². The Kier molecular flexibility index (Phi) is 11.9. The maximum atomic E-state index is 12.0. The van der Waals surface area contributed by atoms with Crippen LogP contribution in [-0.4, -0.2) is 12.6 Å². The van der Waals surface area contributed by atoms with Crippen molar-refractivity contribution in [1.82, 2.24) is 0 Å². The van der Waals surface area contributed by atoms with E-state index in [-0.39, 0.29) is 0 Å². The normalized spacial score (nSPS) is 10.5. The summed E-state index contributed by atoms with van der Waals surface area (Å²) < 4.78 is 36.0. The van der Waals surface area contributed by atoms with Crippen LogP contribution in [0, 0.1) is 0 Å². The van der Waals surface area contributed by atoms with Gasteiger partial charge in [0.15, 0.2) is 0 Å². The fourth-order valence-electron chi connectivity index (χ4n) is 3.67. The van der Waals surface area contributed by atoms with Gasteiger partial charge in [0, 0.05) is 19.6 Å². The molecule has 0 N–H and O–H groups in total. The quantitative estimate of drug-likeness (QED) is 0.190. The van der Waals surface area contributed by atoms with Gasteiger partial charge in [-0.1, -0.05) is 121 Å². The van der Waals surface area contributed by atoms with Crippen molar-refractivity contribution in [3.63, 3.8) is 0 Å². The van der Waals surface area contributed by atoms with Gasteiger partial charge in [-0.15, -0.1) is 0 Å². The first kappa shape index (κ1) is 30.7. The molecular weight excluding hydrogens is 577 g/mol. The lowest BCUT2D eigenvalue weighted by Crippen LogP contribution is -2.00.